The number of carbonyl (C=O) groups excluding carboxylic acids is 2. The molecule has 1 aliphatic rings. The van der Waals surface area contributed by atoms with E-state index in [1.807, 2.05) is 0 Å². The van der Waals surface area contributed by atoms with Gasteiger partial charge in [-0.1, -0.05) is 6.58 Å². The smallest absolute Gasteiger partial charge is 0.246 e. The van der Waals surface area contributed by atoms with Crippen LogP contribution in [0.15, 0.2) is 55.5 Å². The lowest BCUT2D eigenvalue weighted by atomic mass is 9.99. The second-order valence-electron chi connectivity index (χ2n) is 5.30. The molecule has 3 rings (SSSR count). The Hall–Kier alpha value is -3.22. The van der Waals surface area contributed by atoms with Crippen LogP contribution in [-0.4, -0.2) is 39.8 Å². The van der Waals surface area contributed by atoms with E-state index < -0.39 is 0 Å². The number of benzene rings is 1. The van der Waals surface area contributed by atoms with Crippen molar-refractivity contribution in [1.82, 2.24) is 14.9 Å². The van der Waals surface area contributed by atoms with Gasteiger partial charge in [-0.05, 0) is 30.3 Å². The molecule has 2 amide bonds. The molecule has 0 bridgehead atoms. The van der Waals surface area contributed by atoms with E-state index in [0.717, 1.165) is 0 Å². The maximum Gasteiger partial charge on any atom is 0.246 e. The summed E-state index contributed by atoms with van der Waals surface area (Å²) in [5.74, 6) is 0.551. The van der Waals surface area contributed by atoms with Crippen molar-refractivity contribution in [3.05, 3.63) is 55.5 Å². The Balaban J connectivity index is 1.52. The Bertz CT molecular complexity index is 740. The van der Waals surface area contributed by atoms with Crippen LogP contribution in [0, 0.1) is 5.92 Å². The van der Waals surface area contributed by atoms with Crippen molar-refractivity contribution >= 4 is 17.5 Å². The third-order valence-corrected chi connectivity index (χ3v) is 3.62. The molecular formula is C17H16N4O3. The summed E-state index contributed by atoms with van der Waals surface area (Å²) in [6.07, 6.45) is 5.88. The highest BCUT2D eigenvalue weighted by Gasteiger charge is 2.34. The molecule has 1 fully saturated rings. The minimum absolute atomic E-state index is 0.106. The summed E-state index contributed by atoms with van der Waals surface area (Å²) >= 11 is 0. The van der Waals surface area contributed by atoms with Gasteiger partial charge in [0.25, 0.3) is 0 Å². The molecule has 7 heteroatoms. The summed E-state index contributed by atoms with van der Waals surface area (Å²) in [6.45, 7) is 4.27. The number of aromatic nitrogens is 2. The molecule has 122 valence electrons. The monoisotopic (exact) mass is 324 g/mol. The van der Waals surface area contributed by atoms with E-state index in [1.54, 1.807) is 41.6 Å². The van der Waals surface area contributed by atoms with Crippen molar-refractivity contribution < 1.29 is 14.3 Å². The predicted octanol–water partition coefficient (Wildman–Crippen LogP) is 1.85. The van der Waals surface area contributed by atoms with Crippen LogP contribution in [0.3, 0.4) is 0 Å². The van der Waals surface area contributed by atoms with E-state index in [9.17, 15) is 9.59 Å². The Morgan fingerprint density at radius 3 is 2.62 bits per heavy atom. The summed E-state index contributed by atoms with van der Waals surface area (Å²) in [5, 5.41) is 2.83. The van der Waals surface area contributed by atoms with Crippen LogP contribution in [0.1, 0.15) is 0 Å². The van der Waals surface area contributed by atoms with Gasteiger partial charge in [0, 0.05) is 31.2 Å². The quantitative estimate of drug-likeness (QED) is 0.849. The zero-order chi connectivity index (χ0) is 16.9. The largest absolute Gasteiger partial charge is 0.438 e. The average molecular weight is 324 g/mol. The van der Waals surface area contributed by atoms with Crippen molar-refractivity contribution in [2.24, 2.45) is 5.92 Å². The molecule has 24 heavy (non-hydrogen) atoms. The molecule has 1 N–H and O–H groups in total. The molecule has 0 saturated carbocycles. The van der Waals surface area contributed by atoms with Crippen molar-refractivity contribution in [2.45, 2.75) is 0 Å². The summed E-state index contributed by atoms with van der Waals surface area (Å²) in [5.41, 5.74) is 0.667. The molecule has 1 aliphatic heterocycles. The van der Waals surface area contributed by atoms with E-state index in [0.29, 0.717) is 30.4 Å². The highest BCUT2D eigenvalue weighted by molar-refractivity contribution is 5.96. The topological polar surface area (TPSA) is 84.4 Å². The number of amides is 2. The molecule has 0 atom stereocenters. The summed E-state index contributed by atoms with van der Waals surface area (Å²) < 4.78 is 5.53. The van der Waals surface area contributed by atoms with Crippen LogP contribution in [0.25, 0.3) is 0 Å². The van der Waals surface area contributed by atoms with Gasteiger partial charge in [0.05, 0.1) is 12.1 Å². The third-order valence-electron chi connectivity index (χ3n) is 3.62. The minimum Gasteiger partial charge on any atom is -0.438 e. The fourth-order valence-corrected chi connectivity index (χ4v) is 2.26. The lowest BCUT2D eigenvalue weighted by Crippen LogP contribution is -2.53. The lowest BCUT2D eigenvalue weighted by molar-refractivity contribution is -0.137. The van der Waals surface area contributed by atoms with Crippen molar-refractivity contribution in [3.63, 3.8) is 0 Å². The number of nitrogens with one attached hydrogen (secondary N) is 1. The molecule has 7 nitrogen and oxygen atoms in total. The van der Waals surface area contributed by atoms with E-state index in [2.05, 4.69) is 21.9 Å². The van der Waals surface area contributed by atoms with Gasteiger partial charge in [0.1, 0.15) is 5.75 Å². The molecule has 2 heterocycles. The third kappa shape index (κ3) is 3.57. The Kier molecular flexibility index (Phi) is 4.51. The standard InChI is InChI=1S/C17H16N4O3/c1-2-16(22)21-10-12(11-21)17(23)20-13-3-5-14(6-4-13)24-15-9-18-7-8-19-15/h2-9,12H,1,10-11H2,(H,20,23). The van der Waals surface area contributed by atoms with Crippen molar-refractivity contribution in [3.8, 4) is 11.6 Å². The number of rotatable bonds is 5. The lowest BCUT2D eigenvalue weighted by Gasteiger charge is -2.37. The van der Waals surface area contributed by atoms with Gasteiger partial charge >= 0.3 is 0 Å². The van der Waals surface area contributed by atoms with Crippen LogP contribution in [-0.2, 0) is 9.59 Å². The SMILES string of the molecule is C=CC(=O)N1CC(C(=O)Nc2ccc(Oc3cnccn3)cc2)C1. The Morgan fingerprint density at radius 2 is 2.00 bits per heavy atom. The van der Waals surface area contributed by atoms with Crippen LogP contribution in [0.5, 0.6) is 11.6 Å². The molecule has 2 aromatic rings. The first-order valence-electron chi connectivity index (χ1n) is 7.42. The first kappa shape index (κ1) is 15.7. The molecule has 1 aromatic heterocycles. The van der Waals surface area contributed by atoms with Gasteiger partial charge in [-0.25, -0.2) is 4.98 Å². The van der Waals surface area contributed by atoms with Gasteiger partial charge in [0.15, 0.2) is 0 Å². The average Bonchev–Trinajstić information content (AvgIpc) is 2.56. The number of hydrogen-bond acceptors (Lipinski definition) is 5. The molecular weight excluding hydrogens is 308 g/mol. The first-order valence-corrected chi connectivity index (χ1v) is 7.42. The zero-order valence-corrected chi connectivity index (χ0v) is 12.9. The van der Waals surface area contributed by atoms with E-state index in [1.165, 1.54) is 12.3 Å². The van der Waals surface area contributed by atoms with Crippen LogP contribution in [0.4, 0.5) is 5.69 Å². The van der Waals surface area contributed by atoms with Crippen LogP contribution < -0.4 is 10.1 Å². The highest BCUT2D eigenvalue weighted by Crippen LogP contribution is 2.22. The summed E-state index contributed by atoms with van der Waals surface area (Å²) in [4.78, 5) is 33.0. The van der Waals surface area contributed by atoms with E-state index in [4.69, 9.17) is 4.74 Å². The van der Waals surface area contributed by atoms with Crippen LogP contribution in [0.2, 0.25) is 0 Å². The number of nitrogens with zero attached hydrogens (tertiary/aromatic N) is 3. The molecule has 0 radical (unpaired) electrons. The van der Waals surface area contributed by atoms with Gasteiger partial charge < -0.3 is 15.0 Å². The van der Waals surface area contributed by atoms with Crippen LogP contribution >= 0.6 is 0 Å². The second-order valence-corrected chi connectivity index (χ2v) is 5.30. The first-order chi connectivity index (χ1) is 11.7. The predicted molar refractivity (Wildman–Crippen MR) is 87.4 cm³/mol. The zero-order valence-electron chi connectivity index (χ0n) is 12.9. The van der Waals surface area contributed by atoms with Gasteiger partial charge in [-0.15, -0.1) is 0 Å². The molecule has 1 saturated heterocycles. The maximum absolute atomic E-state index is 12.1. The normalized spacial score (nSPS) is 13.8. The fourth-order valence-electron chi connectivity index (χ4n) is 2.26. The number of hydrogen-bond donors (Lipinski definition) is 1. The van der Waals surface area contributed by atoms with Gasteiger partial charge in [0.2, 0.25) is 17.7 Å². The molecule has 0 aliphatic carbocycles. The number of carbonyl (C=O) groups is 2. The van der Waals surface area contributed by atoms with Gasteiger partial charge in [-0.3, -0.25) is 14.6 Å². The van der Waals surface area contributed by atoms with Gasteiger partial charge in [-0.2, -0.15) is 0 Å². The van der Waals surface area contributed by atoms with E-state index in [-0.39, 0.29) is 17.7 Å². The van der Waals surface area contributed by atoms with Crippen molar-refractivity contribution in [1.29, 1.82) is 0 Å². The fraction of sp³-hybridized carbons (Fsp3) is 0.176. The summed E-state index contributed by atoms with van der Waals surface area (Å²) in [6, 6.07) is 6.96. The number of anilines is 1. The highest BCUT2D eigenvalue weighted by atomic mass is 16.5. The number of likely N-dealkylation sites (tertiary alicyclic amines) is 1. The van der Waals surface area contributed by atoms with E-state index >= 15 is 0 Å². The van der Waals surface area contributed by atoms with Crippen molar-refractivity contribution in [2.75, 3.05) is 18.4 Å². The molecule has 0 unspecified atom stereocenters. The Labute approximate surface area is 139 Å². The Morgan fingerprint density at radius 1 is 1.25 bits per heavy atom. The second kappa shape index (κ2) is 6.91. The minimum atomic E-state index is -0.190. The molecule has 0 spiro atoms. The summed E-state index contributed by atoms with van der Waals surface area (Å²) in [7, 11) is 0. The number of ether oxygens (including phenoxy) is 1. The molecule has 1 aromatic carbocycles. The maximum atomic E-state index is 12.1.